The summed E-state index contributed by atoms with van der Waals surface area (Å²) in [6, 6.07) is 0.463. The van der Waals surface area contributed by atoms with Gasteiger partial charge in [-0.05, 0) is 38.1 Å². The minimum absolute atomic E-state index is 0.0968. The summed E-state index contributed by atoms with van der Waals surface area (Å²) in [6.07, 6.45) is 6.90. The third-order valence-electron chi connectivity index (χ3n) is 3.46. The molecule has 1 heterocycles. The third kappa shape index (κ3) is 2.71. The second-order valence-electron chi connectivity index (χ2n) is 4.73. The molecule has 2 N–H and O–H groups in total. The van der Waals surface area contributed by atoms with Gasteiger partial charge in [-0.1, -0.05) is 12.8 Å². The molecule has 0 aromatic rings. The van der Waals surface area contributed by atoms with Crippen molar-refractivity contribution < 1.29 is 9.90 Å². The Bertz CT molecular complexity index is 213. The van der Waals surface area contributed by atoms with Crippen molar-refractivity contribution in [2.75, 3.05) is 6.54 Å². The Hall–Kier alpha value is -0.570. The summed E-state index contributed by atoms with van der Waals surface area (Å²) < 4.78 is 0. The molecule has 1 saturated heterocycles. The first kappa shape index (κ1) is 9.97. The molecule has 0 spiro atoms. The fraction of sp³-hybridized carbons (Fsp3) is 0.909. The van der Waals surface area contributed by atoms with E-state index in [1.54, 1.807) is 0 Å². The van der Waals surface area contributed by atoms with Gasteiger partial charge in [-0.25, -0.2) is 0 Å². The van der Waals surface area contributed by atoms with Crippen LogP contribution in [0.5, 0.6) is 0 Å². The van der Waals surface area contributed by atoms with E-state index in [0.29, 0.717) is 6.04 Å². The van der Waals surface area contributed by atoms with Crippen LogP contribution in [0.4, 0.5) is 0 Å². The summed E-state index contributed by atoms with van der Waals surface area (Å²) in [5, 5.41) is 12.3. The van der Waals surface area contributed by atoms with Gasteiger partial charge in [0.2, 0.25) is 0 Å². The standard InChI is InChI=1S/C11H19NO2/c13-11(14)9-5-6-12-10(7-9)4-3-8-1-2-8/h8-10,12H,1-7H2,(H,13,14). The third-order valence-corrected chi connectivity index (χ3v) is 3.46. The van der Waals surface area contributed by atoms with Gasteiger partial charge in [-0.2, -0.15) is 0 Å². The summed E-state index contributed by atoms with van der Waals surface area (Å²) in [5.41, 5.74) is 0. The molecular weight excluding hydrogens is 178 g/mol. The molecule has 2 unspecified atom stereocenters. The Kier molecular flexibility index (Phi) is 3.06. The molecular formula is C11H19NO2. The van der Waals surface area contributed by atoms with Crippen molar-refractivity contribution >= 4 is 5.97 Å². The molecule has 2 aliphatic rings. The molecule has 0 bridgehead atoms. The van der Waals surface area contributed by atoms with Crippen LogP contribution < -0.4 is 5.32 Å². The zero-order valence-electron chi connectivity index (χ0n) is 8.54. The number of piperidine rings is 1. The number of nitrogens with one attached hydrogen (secondary N) is 1. The van der Waals surface area contributed by atoms with E-state index in [-0.39, 0.29) is 5.92 Å². The number of carboxylic acids is 1. The smallest absolute Gasteiger partial charge is 0.306 e. The lowest BCUT2D eigenvalue weighted by Gasteiger charge is -2.28. The highest BCUT2D eigenvalue weighted by Crippen LogP contribution is 2.34. The minimum atomic E-state index is -0.608. The molecule has 1 aliphatic carbocycles. The van der Waals surface area contributed by atoms with Crippen LogP contribution in [0.15, 0.2) is 0 Å². The largest absolute Gasteiger partial charge is 0.481 e. The van der Waals surface area contributed by atoms with Gasteiger partial charge in [-0.3, -0.25) is 4.79 Å². The maximum Gasteiger partial charge on any atom is 0.306 e. The van der Waals surface area contributed by atoms with Gasteiger partial charge in [-0.15, -0.1) is 0 Å². The molecule has 2 atom stereocenters. The fourth-order valence-corrected chi connectivity index (χ4v) is 2.29. The van der Waals surface area contributed by atoms with Gasteiger partial charge >= 0.3 is 5.97 Å². The zero-order chi connectivity index (χ0) is 9.97. The van der Waals surface area contributed by atoms with E-state index in [9.17, 15) is 4.79 Å². The molecule has 3 heteroatoms. The topological polar surface area (TPSA) is 49.3 Å². The lowest BCUT2D eigenvalue weighted by molar-refractivity contribution is -0.143. The van der Waals surface area contributed by atoms with E-state index < -0.39 is 5.97 Å². The van der Waals surface area contributed by atoms with Crippen LogP contribution in [0.3, 0.4) is 0 Å². The average Bonchev–Trinajstić information content (AvgIpc) is 2.99. The lowest BCUT2D eigenvalue weighted by Crippen LogP contribution is -2.40. The van der Waals surface area contributed by atoms with Gasteiger partial charge in [0.05, 0.1) is 5.92 Å². The van der Waals surface area contributed by atoms with E-state index in [1.165, 1.54) is 25.7 Å². The van der Waals surface area contributed by atoms with Crippen LogP contribution in [0, 0.1) is 11.8 Å². The second-order valence-corrected chi connectivity index (χ2v) is 4.73. The van der Waals surface area contributed by atoms with E-state index >= 15 is 0 Å². The monoisotopic (exact) mass is 197 g/mol. The van der Waals surface area contributed by atoms with E-state index in [0.717, 1.165) is 25.3 Å². The van der Waals surface area contributed by atoms with Crippen LogP contribution in [-0.2, 0) is 4.79 Å². The quantitative estimate of drug-likeness (QED) is 0.720. The highest BCUT2D eigenvalue weighted by molar-refractivity contribution is 5.70. The first-order chi connectivity index (χ1) is 6.75. The number of aliphatic carboxylic acids is 1. The summed E-state index contributed by atoms with van der Waals surface area (Å²) in [6.45, 7) is 0.881. The molecule has 1 saturated carbocycles. The summed E-state index contributed by atoms with van der Waals surface area (Å²) in [5.74, 6) is 0.255. The molecule has 3 nitrogen and oxygen atoms in total. The number of hydrogen-bond acceptors (Lipinski definition) is 2. The first-order valence-corrected chi connectivity index (χ1v) is 5.72. The molecule has 0 amide bonds. The van der Waals surface area contributed by atoms with Crippen molar-refractivity contribution in [3.8, 4) is 0 Å². The summed E-state index contributed by atoms with van der Waals surface area (Å²) in [4.78, 5) is 10.8. The van der Waals surface area contributed by atoms with Gasteiger partial charge < -0.3 is 10.4 Å². The molecule has 14 heavy (non-hydrogen) atoms. The van der Waals surface area contributed by atoms with Crippen molar-refractivity contribution in [2.24, 2.45) is 11.8 Å². The predicted octanol–water partition coefficient (Wildman–Crippen LogP) is 1.63. The van der Waals surface area contributed by atoms with Gasteiger partial charge in [0, 0.05) is 6.04 Å². The Morgan fingerprint density at radius 1 is 1.29 bits per heavy atom. The highest BCUT2D eigenvalue weighted by Gasteiger charge is 2.28. The Morgan fingerprint density at radius 2 is 2.07 bits per heavy atom. The Labute approximate surface area is 84.9 Å². The van der Waals surface area contributed by atoms with E-state index in [1.807, 2.05) is 0 Å². The minimum Gasteiger partial charge on any atom is -0.481 e. The molecule has 0 aromatic heterocycles. The van der Waals surface area contributed by atoms with Crippen LogP contribution in [0.25, 0.3) is 0 Å². The molecule has 0 radical (unpaired) electrons. The van der Waals surface area contributed by atoms with E-state index in [4.69, 9.17) is 5.11 Å². The van der Waals surface area contributed by atoms with Crippen molar-refractivity contribution in [1.29, 1.82) is 0 Å². The maximum atomic E-state index is 10.8. The van der Waals surface area contributed by atoms with Crippen molar-refractivity contribution in [2.45, 2.75) is 44.6 Å². The summed E-state index contributed by atoms with van der Waals surface area (Å²) >= 11 is 0. The van der Waals surface area contributed by atoms with Crippen molar-refractivity contribution in [3.63, 3.8) is 0 Å². The number of rotatable bonds is 4. The first-order valence-electron chi connectivity index (χ1n) is 5.72. The molecule has 1 aliphatic heterocycles. The number of carboxylic acid groups (broad SMARTS) is 1. The lowest BCUT2D eigenvalue weighted by atomic mass is 9.90. The fourth-order valence-electron chi connectivity index (χ4n) is 2.29. The zero-order valence-corrected chi connectivity index (χ0v) is 8.54. The van der Waals surface area contributed by atoms with Crippen molar-refractivity contribution in [3.05, 3.63) is 0 Å². The molecule has 2 fully saturated rings. The predicted molar refractivity (Wildman–Crippen MR) is 54.1 cm³/mol. The van der Waals surface area contributed by atoms with E-state index in [2.05, 4.69) is 5.32 Å². The SMILES string of the molecule is O=C(O)C1CCNC(CCC2CC2)C1. The summed E-state index contributed by atoms with van der Waals surface area (Å²) in [7, 11) is 0. The second kappa shape index (κ2) is 4.30. The Morgan fingerprint density at radius 3 is 2.71 bits per heavy atom. The molecule has 80 valence electrons. The van der Waals surface area contributed by atoms with Gasteiger partial charge in [0.25, 0.3) is 0 Å². The normalized spacial score (nSPS) is 32.9. The maximum absolute atomic E-state index is 10.8. The van der Waals surface area contributed by atoms with Crippen LogP contribution in [0.1, 0.15) is 38.5 Å². The highest BCUT2D eigenvalue weighted by atomic mass is 16.4. The van der Waals surface area contributed by atoms with Crippen LogP contribution in [-0.4, -0.2) is 23.7 Å². The molecule has 0 aromatic carbocycles. The number of carbonyl (C=O) groups is 1. The number of hydrogen-bond donors (Lipinski definition) is 2. The Balaban J connectivity index is 1.72. The van der Waals surface area contributed by atoms with Crippen LogP contribution >= 0.6 is 0 Å². The van der Waals surface area contributed by atoms with Gasteiger partial charge in [0.15, 0.2) is 0 Å². The van der Waals surface area contributed by atoms with Crippen molar-refractivity contribution in [1.82, 2.24) is 5.32 Å². The van der Waals surface area contributed by atoms with Gasteiger partial charge in [0.1, 0.15) is 0 Å². The van der Waals surface area contributed by atoms with Crippen LogP contribution in [0.2, 0.25) is 0 Å². The molecule has 2 rings (SSSR count). The average molecular weight is 197 g/mol.